The van der Waals surface area contributed by atoms with E-state index in [0.717, 1.165) is 31.0 Å². The normalized spacial score (nSPS) is 12.8. The van der Waals surface area contributed by atoms with Crippen LogP contribution >= 0.6 is 0 Å². The van der Waals surface area contributed by atoms with Gasteiger partial charge in [0.05, 0.1) is 33.9 Å². The van der Waals surface area contributed by atoms with Crippen molar-refractivity contribution in [1.29, 1.82) is 5.26 Å². The van der Waals surface area contributed by atoms with Gasteiger partial charge in [-0.2, -0.15) is 5.26 Å². The summed E-state index contributed by atoms with van der Waals surface area (Å²) >= 11 is 0. The lowest BCUT2D eigenvalue weighted by Gasteiger charge is -2.12. The number of hydrogen-bond acceptors (Lipinski definition) is 6. The van der Waals surface area contributed by atoms with Crippen LogP contribution in [-0.4, -0.2) is 38.2 Å². The summed E-state index contributed by atoms with van der Waals surface area (Å²) in [5, 5.41) is 21.8. The van der Waals surface area contributed by atoms with Crippen LogP contribution in [0.25, 0.3) is 22.3 Å². The van der Waals surface area contributed by atoms with Crippen LogP contribution in [0.5, 0.6) is 5.88 Å². The number of carbonyl (C=O) groups is 1. The monoisotopic (exact) mass is 597 g/mol. The highest BCUT2D eigenvalue weighted by Gasteiger charge is 2.22. The minimum atomic E-state index is -1.06. The van der Waals surface area contributed by atoms with Crippen molar-refractivity contribution >= 4 is 17.0 Å². The fourth-order valence-electron chi connectivity index (χ4n) is 4.98. The summed E-state index contributed by atoms with van der Waals surface area (Å²) in [6, 6.07) is 17.8. The highest BCUT2D eigenvalue weighted by Crippen LogP contribution is 2.28. The van der Waals surface area contributed by atoms with Crippen molar-refractivity contribution in [3.8, 4) is 23.2 Å². The Morgan fingerprint density at radius 1 is 1.00 bits per heavy atom. The van der Waals surface area contributed by atoms with Crippen molar-refractivity contribution in [1.82, 2.24) is 19.9 Å². The van der Waals surface area contributed by atoms with Gasteiger partial charge in [0.15, 0.2) is 0 Å². The van der Waals surface area contributed by atoms with E-state index in [1.165, 1.54) is 30.3 Å². The topological polar surface area (TPSA) is 113 Å². The second kappa shape index (κ2) is 12.2. The zero-order chi connectivity index (χ0) is 30.8. The number of ether oxygens (including phenoxy) is 1. The Morgan fingerprint density at radius 3 is 2.57 bits per heavy atom. The Bertz CT molecular complexity index is 1930. The molecular formula is C33H26F3N5O3. The van der Waals surface area contributed by atoms with E-state index in [9.17, 15) is 14.3 Å². The third kappa shape index (κ3) is 6.26. The van der Waals surface area contributed by atoms with Crippen molar-refractivity contribution in [2.75, 3.05) is 6.54 Å². The summed E-state index contributed by atoms with van der Waals surface area (Å²) in [6.45, 7) is 0.934. The predicted octanol–water partition coefficient (Wildman–Crippen LogP) is 6.01. The zero-order valence-electron chi connectivity index (χ0n) is 23.4. The Labute approximate surface area is 250 Å². The summed E-state index contributed by atoms with van der Waals surface area (Å²) in [5.41, 5.74) is 1.82. The van der Waals surface area contributed by atoms with Crippen molar-refractivity contribution < 1.29 is 27.8 Å². The van der Waals surface area contributed by atoms with Gasteiger partial charge in [0.2, 0.25) is 5.88 Å². The average molecular weight is 598 g/mol. The number of benzene rings is 3. The summed E-state index contributed by atoms with van der Waals surface area (Å²) in [5.74, 6) is -2.45. The highest BCUT2D eigenvalue weighted by molar-refractivity contribution is 5.92. The van der Waals surface area contributed by atoms with Crippen LogP contribution in [0.4, 0.5) is 13.2 Å². The van der Waals surface area contributed by atoms with Crippen LogP contribution in [0, 0.1) is 28.8 Å². The number of hydrogen-bond donors (Lipinski definition) is 2. The molecule has 0 spiro atoms. The maximum absolute atomic E-state index is 15.5. The van der Waals surface area contributed by atoms with Gasteiger partial charge >= 0.3 is 5.97 Å². The van der Waals surface area contributed by atoms with Crippen molar-refractivity contribution in [3.05, 3.63) is 112 Å². The molecule has 3 aromatic carbocycles. The van der Waals surface area contributed by atoms with E-state index in [4.69, 9.17) is 10.00 Å². The van der Waals surface area contributed by atoms with E-state index in [1.807, 2.05) is 10.6 Å². The van der Waals surface area contributed by atoms with Gasteiger partial charge in [0, 0.05) is 42.7 Å². The lowest BCUT2D eigenvalue weighted by Crippen LogP contribution is -2.22. The first-order valence-corrected chi connectivity index (χ1v) is 14.0. The molecule has 0 aliphatic heterocycles. The molecule has 0 amide bonds. The molecule has 2 heterocycles. The van der Waals surface area contributed by atoms with Crippen molar-refractivity contribution in [2.24, 2.45) is 0 Å². The molecule has 1 aliphatic carbocycles. The molecule has 11 heteroatoms. The molecule has 1 saturated carbocycles. The van der Waals surface area contributed by atoms with Gasteiger partial charge in [-0.25, -0.2) is 27.9 Å². The van der Waals surface area contributed by atoms with Gasteiger partial charge in [-0.1, -0.05) is 12.1 Å². The van der Waals surface area contributed by atoms with E-state index in [-0.39, 0.29) is 52.4 Å². The molecule has 0 bridgehead atoms. The molecule has 1 fully saturated rings. The van der Waals surface area contributed by atoms with Crippen molar-refractivity contribution in [2.45, 2.75) is 38.5 Å². The van der Waals surface area contributed by atoms with Gasteiger partial charge in [0.25, 0.3) is 0 Å². The maximum Gasteiger partial charge on any atom is 0.335 e. The van der Waals surface area contributed by atoms with Gasteiger partial charge < -0.3 is 19.7 Å². The third-order valence-electron chi connectivity index (χ3n) is 7.46. The number of nitriles is 1. The fraction of sp³-hybridized carbons (Fsp3) is 0.212. The van der Waals surface area contributed by atoms with Crippen LogP contribution in [-0.2, 0) is 19.6 Å². The number of carboxylic acid groups (broad SMARTS) is 1. The molecule has 5 aromatic rings. The SMILES string of the molecule is N#Cc1ccc(COc2cccc(-c3cc(F)c(Cc4nc5ccc(C(=O)O)cc5n4CCNC4CC4)cc3F)n2)c(F)c1. The second-order valence-electron chi connectivity index (χ2n) is 10.6. The molecule has 0 radical (unpaired) electrons. The minimum absolute atomic E-state index is 0.0176. The van der Waals surface area contributed by atoms with Crippen LogP contribution < -0.4 is 10.1 Å². The fourth-order valence-corrected chi connectivity index (χ4v) is 4.98. The van der Waals surface area contributed by atoms with Crippen LogP contribution in [0.1, 0.15) is 45.7 Å². The predicted molar refractivity (Wildman–Crippen MR) is 156 cm³/mol. The molecule has 222 valence electrons. The van der Waals surface area contributed by atoms with Gasteiger partial charge in [0.1, 0.15) is 29.9 Å². The number of aromatic carboxylic acids is 1. The molecular weight excluding hydrogens is 571 g/mol. The average Bonchev–Trinajstić information content (AvgIpc) is 3.78. The molecule has 0 saturated heterocycles. The largest absolute Gasteiger partial charge is 0.478 e. The summed E-state index contributed by atoms with van der Waals surface area (Å²) in [7, 11) is 0. The second-order valence-corrected chi connectivity index (χ2v) is 10.6. The van der Waals surface area contributed by atoms with E-state index in [0.29, 0.717) is 36.0 Å². The number of pyridine rings is 1. The molecule has 0 unspecified atom stereocenters. The highest BCUT2D eigenvalue weighted by atomic mass is 19.1. The van der Waals surface area contributed by atoms with Gasteiger partial charge in [-0.05, 0) is 66.9 Å². The number of carboxylic acids is 1. The number of rotatable bonds is 11. The number of aromatic nitrogens is 3. The summed E-state index contributed by atoms with van der Waals surface area (Å²) in [4.78, 5) is 20.5. The zero-order valence-corrected chi connectivity index (χ0v) is 23.4. The first-order chi connectivity index (χ1) is 21.3. The summed E-state index contributed by atoms with van der Waals surface area (Å²) in [6.07, 6.45) is 2.20. The summed E-state index contributed by atoms with van der Waals surface area (Å²) < 4.78 is 52.6. The van der Waals surface area contributed by atoms with Gasteiger partial charge in [-0.15, -0.1) is 0 Å². The number of imidazole rings is 1. The molecule has 2 N–H and O–H groups in total. The third-order valence-corrected chi connectivity index (χ3v) is 7.46. The number of nitrogens with one attached hydrogen (secondary N) is 1. The van der Waals surface area contributed by atoms with Crippen LogP contribution in [0.3, 0.4) is 0 Å². The molecule has 1 aliphatic rings. The quantitative estimate of drug-likeness (QED) is 0.192. The van der Waals surface area contributed by atoms with E-state index in [1.54, 1.807) is 18.2 Å². The van der Waals surface area contributed by atoms with Crippen LogP contribution in [0.15, 0.2) is 66.7 Å². The lowest BCUT2D eigenvalue weighted by molar-refractivity contribution is 0.0697. The molecule has 0 atom stereocenters. The Balaban J connectivity index is 1.24. The number of halogens is 3. The maximum atomic E-state index is 15.5. The smallest absolute Gasteiger partial charge is 0.335 e. The Morgan fingerprint density at radius 2 is 1.82 bits per heavy atom. The van der Waals surface area contributed by atoms with E-state index in [2.05, 4.69) is 15.3 Å². The minimum Gasteiger partial charge on any atom is -0.478 e. The molecule has 44 heavy (non-hydrogen) atoms. The lowest BCUT2D eigenvalue weighted by atomic mass is 10.0. The molecule has 8 nitrogen and oxygen atoms in total. The Hall–Kier alpha value is -5.21. The standard InChI is InChI=1S/C33H26F3N5O3/c34-25-12-19(17-37)4-5-21(25)18-44-32-3-1-2-28(40-32)24-16-26(35)22(13-27(24)36)15-31-39-29-9-6-20(33(42)43)14-30(29)41(31)11-10-38-23-7-8-23/h1-6,9,12-14,16,23,38H,7-8,10-11,15,18H2,(H,42,43). The molecule has 2 aromatic heterocycles. The van der Waals surface area contributed by atoms with Crippen molar-refractivity contribution in [3.63, 3.8) is 0 Å². The van der Waals surface area contributed by atoms with Crippen LogP contribution in [0.2, 0.25) is 0 Å². The first kappa shape index (κ1) is 28.9. The van der Waals surface area contributed by atoms with E-state index < -0.39 is 23.4 Å². The first-order valence-electron chi connectivity index (χ1n) is 14.0. The Kier molecular flexibility index (Phi) is 8.00. The number of nitrogens with zero attached hydrogens (tertiary/aromatic N) is 4. The number of fused-ring (bicyclic) bond motifs is 1. The molecule has 6 rings (SSSR count). The van der Waals surface area contributed by atoms with Gasteiger partial charge in [-0.3, -0.25) is 0 Å². The van der Waals surface area contributed by atoms with E-state index >= 15 is 8.78 Å².